The molecule has 2 heterocycles. The maximum Gasteiger partial charge on any atom is 2.00 e. The largest absolute Gasteiger partial charge is 2.00 e. The van der Waals surface area contributed by atoms with Crippen molar-refractivity contribution in [1.82, 2.24) is 20.4 Å². The van der Waals surface area contributed by atoms with Crippen molar-refractivity contribution in [2.24, 2.45) is 0 Å². The topological polar surface area (TPSA) is 145 Å². The van der Waals surface area contributed by atoms with Crippen molar-refractivity contribution in [1.29, 1.82) is 0 Å². The molecule has 0 saturated heterocycles. The van der Waals surface area contributed by atoms with Gasteiger partial charge in [0.1, 0.15) is 20.7 Å². The maximum absolute atomic E-state index is 11.4. The van der Waals surface area contributed by atoms with E-state index in [4.69, 9.17) is 0 Å². The molecule has 0 spiro atoms. The van der Waals surface area contributed by atoms with Crippen LogP contribution in [0.25, 0.3) is 0 Å². The van der Waals surface area contributed by atoms with E-state index in [0.717, 1.165) is 11.1 Å². The van der Waals surface area contributed by atoms with Gasteiger partial charge in [-0.15, -0.1) is 25.3 Å². The Kier molecular flexibility index (Phi) is 17.6. The summed E-state index contributed by atoms with van der Waals surface area (Å²) in [6, 6.07) is -1.03. The van der Waals surface area contributed by atoms with E-state index < -0.39 is 24.0 Å². The minimum Gasteiger partial charge on any atom is -0.543 e. The van der Waals surface area contributed by atoms with Gasteiger partial charge in [-0.05, 0) is 48.3 Å². The van der Waals surface area contributed by atoms with Gasteiger partial charge in [0.2, 0.25) is 0 Å². The summed E-state index contributed by atoms with van der Waals surface area (Å²) in [5, 5.41) is 26.3. The number of thiocarbonyl (C=S) groups is 2. The number of rotatable bonds is 2. The molecule has 0 aromatic carbocycles. The summed E-state index contributed by atoms with van der Waals surface area (Å²) >= 11 is 16.9. The molecule has 0 saturated carbocycles. The Morgan fingerprint density at radius 3 is 1.29 bits per heavy atom. The molecule has 0 fully saturated rings. The Bertz CT molecular complexity index is 1140. The van der Waals surface area contributed by atoms with Gasteiger partial charge in [0.05, 0.1) is 23.3 Å². The number of carbonyl (C=O) groups is 4. The van der Waals surface area contributed by atoms with Crippen molar-refractivity contribution < 1.29 is 48.9 Å². The molecule has 2 aliphatic heterocycles. The van der Waals surface area contributed by atoms with Crippen LogP contribution in [0.4, 0.5) is 0 Å². The van der Waals surface area contributed by atoms with E-state index in [2.05, 4.69) is 60.3 Å². The molecule has 0 aromatic heterocycles. The van der Waals surface area contributed by atoms with Gasteiger partial charge >= 0.3 is 19.5 Å². The summed E-state index contributed by atoms with van der Waals surface area (Å²) in [6.07, 6.45) is 14.0. The number of allylic oxidation sites excluding steroid dienone is 6. The van der Waals surface area contributed by atoms with Crippen LogP contribution in [0.1, 0.15) is 12.8 Å². The molecular formula is C26H30N4O6S4Zn. The number of aliphatic carboxylic acids is 2. The minimum absolute atomic E-state index is 0. The summed E-state index contributed by atoms with van der Waals surface area (Å²) in [5.41, 5.74) is 1.70. The Morgan fingerprint density at radius 2 is 1.05 bits per heavy atom. The average Bonchev–Trinajstić information content (AvgIpc) is 2.89. The van der Waals surface area contributed by atoms with Crippen LogP contribution in [0, 0.1) is 0 Å². The van der Waals surface area contributed by atoms with E-state index in [-0.39, 0.29) is 42.4 Å². The first-order valence-corrected chi connectivity index (χ1v) is 13.3. The zero-order valence-electron chi connectivity index (χ0n) is 22.9. The third-order valence-corrected chi connectivity index (χ3v) is 6.85. The molecule has 2 aliphatic carbocycles. The van der Waals surface area contributed by atoms with Gasteiger partial charge < -0.3 is 40.2 Å². The summed E-state index contributed by atoms with van der Waals surface area (Å²) in [4.78, 5) is 47.3. The Labute approximate surface area is 273 Å². The van der Waals surface area contributed by atoms with Gasteiger partial charge in [-0.1, -0.05) is 48.7 Å². The molecule has 0 aromatic rings. The summed E-state index contributed by atoms with van der Waals surface area (Å²) < 4.78 is 1.24. The standard InChI is InChI=1S/2C10H9NO3.2C3H7NS2.Zn/c2*12-8-3-1-2-6-4-5-7(10(13)14)11-9(6)8;2*1-4(2)3(5)6;/h2*1,3-5,9,11H,2H2,(H,13,14);2*1-2H3,(H,5,6);/q;;;;+2/p-2. The number of hydrogen-bond donors (Lipinski definition) is 4. The third-order valence-electron chi connectivity index (χ3n) is 5.31. The quantitative estimate of drug-likeness (QED) is 0.171. The molecule has 2 atom stereocenters. The molecule has 4 rings (SSSR count). The van der Waals surface area contributed by atoms with Gasteiger partial charge in [-0.3, -0.25) is 9.59 Å². The number of fused-ring (bicyclic) bond motifs is 2. The van der Waals surface area contributed by atoms with E-state index >= 15 is 0 Å². The second-order valence-electron chi connectivity index (χ2n) is 8.75. The van der Waals surface area contributed by atoms with Crippen molar-refractivity contribution >= 4 is 81.8 Å². The number of carbonyl (C=O) groups excluding carboxylic acids is 4. The summed E-state index contributed by atoms with van der Waals surface area (Å²) in [7, 11) is 7.43. The van der Waals surface area contributed by atoms with E-state index in [1.807, 2.05) is 28.2 Å². The van der Waals surface area contributed by atoms with Crippen LogP contribution in [0.2, 0.25) is 0 Å². The van der Waals surface area contributed by atoms with E-state index in [9.17, 15) is 29.4 Å². The third kappa shape index (κ3) is 13.3. The number of ketones is 2. The van der Waals surface area contributed by atoms with Crippen molar-refractivity contribution in [2.75, 3.05) is 28.2 Å². The van der Waals surface area contributed by atoms with Crippen LogP contribution in [-0.2, 0) is 38.7 Å². The molecule has 216 valence electrons. The van der Waals surface area contributed by atoms with Crippen LogP contribution < -0.4 is 20.8 Å². The van der Waals surface area contributed by atoms with Gasteiger partial charge in [-0.2, -0.15) is 0 Å². The van der Waals surface area contributed by atoms with Gasteiger partial charge in [-0.25, -0.2) is 0 Å². The van der Waals surface area contributed by atoms with Crippen LogP contribution in [0.3, 0.4) is 0 Å². The minimum atomic E-state index is -1.29. The Morgan fingerprint density at radius 1 is 0.756 bits per heavy atom. The predicted molar refractivity (Wildman–Crippen MR) is 164 cm³/mol. The smallest absolute Gasteiger partial charge is 0.543 e. The molecule has 10 nitrogen and oxygen atoms in total. The molecule has 15 heteroatoms. The second-order valence-corrected chi connectivity index (χ2v) is 11.0. The Hall–Kier alpha value is -2.58. The molecule has 2 N–H and O–H groups in total. The van der Waals surface area contributed by atoms with Gasteiger partial charge in [0.25, 0.3) is 0 Å². The number of thiol groups is 2. The molecule has 0 radical (unpaired) electrons. The summed E-state index contributed by atoms with van der Waals surface area (Å²) in [5.74, 6) is -2.81. The predicted octanol–water partition coefficient (Wildman–Crippen LogP) is -0.382. The summed E-state index contributed by atoms with van der Waals surface area (Å²) in [6.45, 7) is 0. The molecule has 4 aliphatic rings. The van der Waals surface area contributed by atoms with Crippen LogP contribution >= 0.6 is 49.7 Å². The second kappa shape index (κ2) is 18.8. The van der Waals surface area contributed by atoms with Crippen LogP contribution in [-0.4, -0.2) is 82.2 Å². The number of carboxylic acid groups (broad SMARTS) is 2. The van der Waals surface area contributed by atoms with Crippen molar-refractivity contribution in [3.05, 3.63) is 71.1 Å². The fraction of sp³-hybridized carbons (Fsp3) is 0.308. The van der Waals surface area contributed by atoms with Gasteiger partial charge in [0.15, 0.2) is 11.6 Å². The van der Waals surface area contributed by atoms with Crippen molar-refractivity contribution in [2.45, 2.75) is 24.9 Å². The zero-order valence-corrected chi connectivity index (χ0v) is 29.3. The fourth-order valence-electron chi connectivity index (χ4n) is 3.11. The number of carboxylic acids is 2. The van der Waals surface area contributed by atoms with E-state index in [0.29, 0.717) is 21.5 Å². The zero-order chi connectivity index (χ0) is 30.6. The SMILES string of the molecule is CN(C)C(=S)S.CN(C)C(=S)S.O=C([O-])C1=CC=C2CC=CC(=O)C2N1.O=C([O-])C1=CC=C2CC=CC(=O)C2N1.[Zn+2]. The molecule has 2 unspecified atom stereocenters. The van der Waals surface area contributed by atoms with E-state index in [1.165, 1.54) is 24.3 Å². The fourth-order valence-corrected chi connectivity index (χ4v) is 3.11. The Balaban J connectivity index is 0.000000559. The first kappa shape index (κ1) is 38.4. The molecule has 0 bridgehead atoms. The van der Waals surface area contributed by atoms with Gasteiger partial charge in [0, 0.05) is 28.2 Å². The molecular weight excluding hydrogens is 658 g/mol. The van der Waals surface area contributed by atoms with Crippen LogP contribution in [0.5, 0.6) is 0 Å². The first-order valence-electron chi connectivity index (χ1n) is 11.6. The number of nitrogens with zero attached hydrogens (tertiary/aromatic N) is 2. The normalized spacial score (nSPS) is 19.1. The first-order chi connectivity index (χ1) is 18.6. The molecule has 41 heavy (non-hydrogen) atoms. The number of nitrogens with one attached hydrogen (secondary N) is 2. The van der Waals surface area contributed by atoms with Crippen molar-refractivity contribution in [3.63, 3.8) is 0 Å². The van der Waals surface area contributed by atoms with E-state index in [1.54, 1.807) is 34.1 Å². The van der Waals surface area contributed by atoms with Crippen LogP contribution in [0.15, 0.2) is 71.1 Å². The van der Waals surface area contributed by atoms with Crippen molar-refractivity contribution in [3.8, 4) is 0 Å². The monoisotopic (exact) mass is 686 g/mol. The number of hydrogen-bond acceptors (Lipinski definition) is 10. The maximum atomic E-state index is 11.4. The molecule has 0 amide bonds. The number of dihydropyridines is 2. The average molecular weight is 688 g/mol.